The Labute approximate surface area is 211 Å². The van der Waals surface area contributed by atoms with E-state index >= 15 is 0 Å². The first-order chi connectivity index (χ1) is 14.1. The van der Waals surface area contributed by atoms with Gasteiger partial charge in [-0.25, -0.2) is 0 Å². The molecule has 5 rings (SSSR count). The largest absolute Gasteiger partial charge is 1.00 e. The van der Waals surface area contributed by atoms with Crippen LogP contribution in [0.25, 0.3) is 27.6 Å². The summed E-state index contributed by atoms with van der Waals surface area (Å²) in [5.74, 6) is 0.240. The standard InChI is InChI=1S/C24H19O.C3H6.2ClH.Zr/c25-13-12-18-14-16-6-2-4-9-20(16)24(18)22-11-5-10-21-19-8-3-1-7-17(19)15-23(21)22;1-3-2;;;/h1-11,14-15,24-25H,12-13H2;1-2H3;2*1H;/q-1;;;;+2/p-2. The van der Waals surface area contributed by atoms with Crippen LogP contribution in [0.2, 0.25) is 0 Å². The molecule has 0 spiro atoms. The number of aliphatic hydroxyl groups excluding tert-OH is 1. The number of aliphatic hydroxyl groups is 1. The van der Waals surface area contributed by atoms with Crippen molar-refractivity contribution in [1.29, 1.82) is 0 Å². The minimum Gasteiger partial charge on any atom is -1.00 e. The molecule has 0 fully saturated rings. The van der Waals surface area contributed by atoms with Crippen LogP contribution in [0.3, 0.4) is 0 Å². The number of halogens is 2. The number of hydrogen-bond acceptors (Lipinski definition) is 1. The summed E-state index contributed by atoms with van der Waals surface area (Å²) in [6, 6.07) is 26.2. The quantitative estimate of drug-likeness (QED) is 0.382. The Morgan fingerprint density at radius 2 is 1.48 bits per heavy atom. The number of rotatable bonds is 3. The molecule has 31 heavy (non-hydrogen) atoms. The van der Waals surface area contributed by atoms with E-state index < -0.39 is 0 Å². The molecule has 0 aliphatic heterocycles. The molecule has 4 aromatic carbocycles. The van der Waals surface area contributed by atoms with Gasteiger partial charge in [0.1, 0.15) is 0 Å². The van der Waals surface area contributed by atoms with Gasteiger partial charge in [-0.2, -0.15) is 0 Å². The summed E-state index contributed by atoms with van der Waals surface area (Å²) < 4.78 is 1.51. The molecule has 158 valence electrons. The predicted octanol–water partition coefficient (Wildman–Crippen LogP) is 0.377. The fourth-order valence-corrected chi connectivity index (χ4v) is 4.36. The van der Waals surface area contributed by atoms with Crippen LogP contribution in [-0.2, 0) is 24.2 Å². The van der Waals surface area contributed by atoms with Gasteiger partial charge in [-0.1, -0.05) is 77.9 Å². The van der Waals surface area contributed by atoms with Gasteiger partial charge in [0, 0.05) is 12.5 Å². The van der Waals surface area contributed by atoms with Crippen molar-refractivity contribution in [1.82, 2.24) is 0 Å². The van der Waals surface area contributed by atoms with Crippen LogP contribution in [0.1, 0.15) is 42.9 Å². The van der Waals surface area contributed by atoms with Crippen LogP contribution in [0, 0.1) is 0 Å². The molecule has 4 heteroatoms. The van der Waals surface area contributed by atoms with Gasteiger partial charge >= 0.3 is 41.3 Å². The molecule has 0 aromatic heterocycles. The Bertz CT molecular complexity index is 1220. The van der Waals surface area contributed by atoms with Crippen LogP contribution in [0.4, 0.5) is 0 Å². The predicted molar refractivity (Wildman–Crippen MR) is 121 cm³/mol. The summed E-state index contributed by atoms with van der Waals surface area (Å²) in [4.78, 5) is 0. The maximum absolute atomic E-state index is 9.56. The molecule has 1 atom stereocenters. The Kier molecular flexibility index (Phi) is 9.52. The Hall–Kier alpha value is -1.44. The molecule has 0 radical (unpaired) electrons. The van der Waals surface area contributed by atoms with E-state index in [9.17, 15) is 5.11 Å². The first-order valence-electron chi connectivity index (χ1n) is 10.1. The summed E-state index contributed by atoms with van der Waals surface area (Å²) in [6.45, 7) is 4.44. The molecule has 0 heterocycles. The monoisotopic (exact) mass is 525 g/mol. The second-order valence-electron chi connectivity index (χ2n) is 7.79. The molecule has 0 saturated heterocycles. The topological polar surface area (TPSA) is 20.2 Å². The van der Waals surface area contributed by atoms with Crippen LogP contribution < -0.4 is 24.8 Å². The average molecular weight is 528 g/mol. The molecular formula is C27H25Cl2OZr-. The first kappa shape index (κ1) is 25.8. The molecule has 1 unspecified atom stereocenters. The molecule has 0 amide bonds. The van der Waals surface area contributed by atoms with Gasteiger partial charge in [0.15, 0.2) is 0 Å². The normalized spacial score (nSPS) is 14.1. The second-order valence-corrected chi connectivity index (χ2v) is 10.3. The minimum atomic E-state index is 0. The fourth-order valence-electron chi connectivity index (χ4n) is 4.36. The van der Waals surface area contributed by atoms with E-state index in [2.05, 4.69) is 92.7 Å². The van der Waals surface area contributed by atoms with Gasteiger partial charge in [0.2, 0.25) is 0 Å². The number of benzene rings is 3. The van der Waals surface area contributed by atoms with Crippen molar-refractivity contribution in [2.75, 3.05) is 6.61 Å². The van der Waals surface area contributed by atoms with Crippen LogP contribution >= 0.6 is 0 Å². The van der Waals surface area contributed by atoms with Gasteiger partial charge < -0.3 is 29.9 Å². The zero-order valence-corrected chi connectivity index (χ0v) is 21.7. The van der Waals surface area contributed by atoms with Gasteiger partial charge in [-0.3, -0.25) is 0 Å². The Balaban J connectivity index is 0.000000527. The number of hydrogen-bond donors (Lipinski definition) is 1. The molecule has 1 aliphatic carbocycles. The summed E-state index contributed by atoms with van der Waals surface area (Å²) in [7, 11) is 0. The van der Waals surface area contributed by atoms with Crippen molar-refractivity contribution in [3.05, 3.63) is 95.1 Å². The van der Waals surface area contributed by atoms with Crippen molar-refractivity contribution in [3.8, 4) is 0 Å². The van der Waals surface area contributed by atoms with Gasteiger partial charge in [-0.15, -0.1) is 33.7 Å². The molecule has 4 aromatic rings. The van der Waals surface area contributed by atoms with E-state index in [1.165, 1.54) is 47.0 Å². The number of fused-ring (bicyclic) bond motifs is 4. The second kappa shape index (κ2) is 11.4. The Morgan fingerprint density at radius 1 is 0.871 bits per heavy atom. The smallest absolute Gasteiger partial charge is 0.0468 e. The zero-order chi connectivity index (χ0) is 20.4. The minimum absolute atomic E-state index is 0. The summed E-state index contributed by atoms with van der Waals surface area (Å²) in [5.41, 5.74) is 5.28. The molecule has 0 bridgehead atoms. The van der Waals surface area contributed by atoms with E-state index in [4.69, 9.17) is 0 Å². The summed E-state index contributed by atoms with van der Waals surface area (Å²) >= 11 is 1.55. The Morgan fingerprint density at radius 3 is 2.23 bits per heavy atom. The van der Waals surface area contributed by atoms with E-state index in [0.29, 0.717) is 0 Å². The van der Waals surface area contributed by atoms with Crippen LogP contribution in [-0.4, -0.2) is 14.9 Å². The van der Waals surface area contributed by atoms with E-state index in [1.807, 2.05) is 0 Å². The van der Waals surface area contributed by atoms with Crippen molar-refractivity contribution < 1.29 is 54.2 Å². The fraction of sp³-hybridized carbons (Fsp3) is 0.185. The maximum Gasteiger partial charge on any atom is 0.0468 e. The first-order valence-corrected chi connectivity index (χ1v) is 11.3. The third-order valence-corrected chi connectivity index (χ3v) is 5.42. The molecule has 1 aliphatic rings. The van der Waals surface area contributed by atoms with E-state index in [-0.39, 0.29) is 37.3 Å². The van der Waals surface area contributed by atoms with Crippen molar-refractivity contribution in [2.45, 2.75) is 26.2 Å². The van der Waals surface area contributed by atoms with Crippen molar-refractivity contribution >= 4 is 30.8 Å². The van der Waals surface area contributed by atoms with Crippen molar-refractivity contribution in [2.24, 2.45) is 0 Å². The third-order valence-electron chi connectivity index (χ3n) is 5.42. The summed E-state index contributed by atoms with van der Waals surface area (Å²) in [5, 5.41) is 14.8. The molecule has 1 N–H and O–H groups in total. The molecule has 0 saturated carbocycles. The zero-order valence-electron chi connectivity index (χ0n) is 17.7. The van der Waals surface area contributed by atoms with Crippen LogP contribution in [0.15, 0.2) is 78.4 Å². The van der Waals surface area contributed by atoms with Crippen LogP contribution in [0.5, 0.6) is 0 Å². The van der Waals surface area contributed by atoms with Gasteiger partial charge in [0.05, 0.1) is 0 Å². The van der Waals surface area contributed by atoms with E-state index in [1.54, 1.807) is 24.2 Å². The average Bonchev–Trinajstić information content (AvgIpc) is 3.26. The van der Waals surface area contributed by atoms with Gasteiger partial charge in [-0.05, 0) is 17.5 Å². The molecule has 1 nitrogen and oxygen atoms in total. The third kappa shape index (κ3) is 5.32. The summed E-state index contributed by atoms with van der Waals surface area (Å²) in [6.07, 6.45) is 2.98. The SMILES string of the molecule is C[C](C)=[Zr+2].OCCC1=Cc2ccccc2C1c1cccc2c1[cH-]c1ccccc12.[Cl-].[Cl-]. The van der Waals surface area contributed by atoms with Crippen molar-refractivity contribution in [3.63, 3.8) is 0 Å². The molecular weight excluding hydrogens is 502 g/mol. The van der Waals surface area contributed by atoms with E-state index in [0.717, 1.165) is 6.42 Å². The maximum atomic E-state index is 9.56. The van der Waals surface area contributed by atoms with Gasteiger partial charge in [0.25, 0.3) is 0 Å².